The Kier molecular flexibility index (Phi) is 3.31. The Morgan fingerprint density at radius 3 is 2.79 bits per heavy atom. The standard InChI is InChI=1S/C14H20N2O3/c1-9-15-13(10-4-6-19-7-5-10)12-3-2-11(14(17)18)8-16(9)12/h10-11H,2-8H2,1H3,(H,17,18). The number of fused-ring (bicyclic) bond motifs is 1. The molecule has 5 heteroatoms. The van der Waals surface area contributed by atoms with Gasteiger partial charge in [-0.3, -0.25) is 4.79 Å². The van der Waals surface area contributed by atoms with Crippen LogP contribution in [0.3, 0.4) is 0 Å². The van der Waals surface area contributed by atoms with Gasteiger partial charge in [0.05, 0.1) is 11.6 Å². The predicted molar refractivity (Wildman–Crippen MR) is 69.2 cm³/mol. The van der Waals surface area contributed by atoms with Gasteiger partial charge in [-0.2, -0.15) is 0 Å². The molecule has 2 aliphatic rings. The molecule has 0 aromatic carbocycles. The van der Waals surface area contributed by atoms with Crippen molar-refractivity contribution in [1.82, 2.24) is 9.55 Å². The Hall–Kier alpha value is -1.36. The number of ether oxygens (including phenoxy) is 1. The quantitative estimate of drug-likeness (QED) is 0.883. The number of aliphatic carboxylic acids is 1. The minimum absolute atomic E-state index is 0.261. The first-order valence-electron chi connectivity index (χ1n) is 7.03. The maximum atomic E-state index is 11.1. The molecule has 0 amide bonds. The van der Waals surface area contributed by atoms with E-state index in [2.05, 4.69) is 4.57 Å². The summed E-state index contributed by atoms with van der Waals surface area (Å²) in [5.74, 6) is 0.502. The lowest BCUT2D eigenvalue weighted by atomic mass is 9.90. The first-order valence-corrected chi connectivity index (χ1v) is 7.03. The number of imidazole rings is 1. The fourth-order valence-electron chi connectivity index (χ4n) is 3.26. The van der Waals surface area contributed by atoms with E-state index in [4.69, 9.17) is 14.8 Å². The number of rotatable bonds is 2. The van der Waals surface area contributed by atoms with E-state index >= 15 is 0 Å². The van der Waals surface area contributed by atoms with E-state index in [0.717, 1.165) is 44.7 Å². The third kappa shape index (κ3) is 2.27. The van der Waals surface area contributed by atoms with E-state index < -0.39 is 5.97 Å². The van der Waals surface area contributed by atoms with Crippen molar-refractivity contribution in [3.8, 4) is 0 Å². The van der Waals surface area contributed by atoms with Gasteiger partial charge in [-0.25, -0.2) is 4.98 Å². The Morgan fingerprint density at radius 2 is 2.11 bits per heavy atom. The molecule has 1 atom stereocenters. The smallest absolute Gasteiger partial charge is 0.308 e. The molecule has 0 spiro atoms. The highest BCUT2D eigenvalue weighted by atomic mass is 16.5. The highest BCUT2D eigenvalue weighted by Crippen LogP contribution is 2.33. The van der Waals surface area contributed by atoms with E-state index in [-0.39, 0.29) is 5.92 Å². The summed E-state index contributed by atoms with van der Waals surface area (Å²) in [7, 11) is 0. The molecule has 3 rings (SSSR count). The van der Waals surface area contributed by atoms with E-state index in [9.17, 15) is 4.79 Å². The second-order valence-corrected chi connectivity index (χ2v) is 5.56. The molecule has 1 aromatic heterocycles. The monoisotopic (exact) mass is 264 g/mol. The number of carboxylic acids is 1. The fourth-order valence-corrected chi connectivity index (χ4v) is 3.26. The Bertz CT molecular complexity index is 489. The van der Waals surface area contributed by atoms with Gasteiger partial charge < -0.3 is 14.4 Å². The highest BCUT2D eigenvalue weighted by Gasteiger charge is 2.30. The maximum absolute atomic E-state index is 11.1. The lowest BCUT2D eigenvalue weighted by molar-refractivity contribution is -0.142. The third-order valence-corrected chi connectivity index (χ3v) is 4.38. The second kappa shape index (κ2) is 4.96. The molecule has 1 fully saturated rings. The normalized spacial score (nSPS) is 24.2. The first kappa shape index (κ1) is 12.7. The highest BCUT2D eigenvalue weighted by molar-refractivity contribution is 5.70. The van der Waals surface area contributed by atoms with Crippen LogP contribution in [0, 0.1) is 12.8 Å². The van der Waals surface area contributed by atoms with Crippen molar-refractivity contribution in [1.29, 1.82) is 0 Å². The summed E-state index contributed by atoms with van der Waals surface area (Å²) >= 11 is 0. The van der Waals surface area contributed by atoms with Crippen molar-refractivity contribution < 1.29 is 14.6 Å². The summed E-state index contributed by atoms with van der Waals surface area (Å²) in [5, 5.41) is 9.16. The van der Waals surface area contributed by atoms with Gasteiger partial charge in [0, 0.05) is 31.4 Å². The average Bonchev–Trinajstić information content (AvgIpc) is 2.77. The van der Waals surface area contributed by atoms with Crippen molar-refractivity contribution in [2.75, 3.05) is 13.2 Å². The third-order valence-electron chi connectivity index (χ3n) is 4.38. The van der Waals surface area contributed by atoms with Gasteiger partial charge in [0.15, 0.2) is 0 Å². The Morgan fingerprint density at radius 1 is 1.37 bits per heavy atom. The van der Waals surface area contributed by atoms with E-state index in [0.29, 0.717) is 12.5 Å². The summed E-state index contributed by atoms with van der Waals surface area (Å²) in [5.41, 5.74) is 2.46. The Labute approximate surface area is 112 Å². The zero-order chi connectivity index (χ0) is 13.4. The van der Waals surface area contributed by atoms with Gasteiger partial charge in [0.25, 0.3) is 0 Å². The molecule has 1 aromatic rings. The zero-order valence-corrected chi connectivity index (χ0v) is 11.3. The number of carbonyl (C=O) groups is 1. The van der Waals surface area contributed by atoms with Crippen LogP contribution in [0.5, 0.6) is 0 Å². The minimum atomic E-state index is -0.689. The number of carboxylic acid groups (broad SMARTS) is 1. The molecular formula is C14H20N2O3. The van der Waals surface area contributed by atoms with E-state index in [1.807, 2.05) is 6.92 Å². The molecule has 0 saturated carbocycles. The molecule has 3 heterocycles. The lowest BCUT2D eigenvalue weighted by Crippen LogP contribution is -2.27. The minimum Gasteiger partial charge on any atom is -0.481 e. The fraction of sp³-hybridized carbons (Fsp3) is 0.714. The molecule has 0 bridgehead atoms. The summed E-state index contributed by atoms with van der Waals surface area (Å²) in [6.45, 7) is 4.19. The predicted octanol–water partition coefficient (Wildman–Crippen LogP) is 1.73. The molecule has 1 N–H and O–H groups in total. The van der Waals surface area contributed by atoms with Crippen molar-refractivity contribution >= 4 is 5.97 Å². The van der Waals surface area contributed by atoms with Crippen LogP contribution < -0.4 is 0 Å². The maximum Gasteiger partial charge on any atom is 0.308 e. The SMILES string of the molecule is Cc1nc(C2CCOCC2)c2n1CC(C(=O)O)CC2. The number of hydrogen-bond acceptors (Lipinski definition) is 3. The van der Waals surface area contributed by atoms with Crippen LogP contribution in [0.15, 0.2) is 0 Å². The van der Waals surface area contributed by atoms with Crippen LogP contribution in [-0.4, -0.2) is 33.8 Å². The number of aromatic nitrogens is 2. The molecule has 1 unspecified atom stereocenters. The molecule has 2 aliphatic heterocycles. The van der Waals surface area contributed by atoms with Crippen LogP contribution in [0.2, 0.25) is 0 Å². The molecular weight excluding hydrogens is 244 g/mol. The van der Waals surface area contributed by atoms with Gasteiger partial charge in [-0.05, 0) is 32.6 Å². The van der Waals surface area contributed by atoms with Crippen molar-refractivity contribution in [2.45, 2.75) is 45.1 Å². The molecule has 0 radical (unpaired) electrons. The number of aryl methyl sites for hydroxylation is 1. The summed E-state index contributed by atoms with van der Waals surface area (Å²) < 4.78 is 7.53. The van der Waals surface area contributed by atoms with Crippen molar-refractivity contribution in [2.24, 2.45) is 5.92 Å². The first-order chi connectivity index (χ1) is 9.16. The topological polar surface area (TPSA) is 64.4 Å². The average molecular weight is 264 g/mol. The van der Waals surface area contributed by atoms with Crippen LogP contribution in [0.25, 0.3) is 0 Å². The van der Waals surface area contributed by atoms with Gasteiger partial charge in [-0.1, -0.05) is 0 Å². The summed E-state index contributed by atoms with van der Waals surface area (Å²) in [6.07, 6.45) is 3.64. The van der Waals surface area contributed by atoms with Gasteiger partial charge in [-0.15, -0.1) is 0 Å². The molecule has 104 valence electrons. The Balaban J connectivity index is 1.89. The van der Waals surface area contributed by atoms with Crippen molar-refractivity contribution in [3.05, 3.63) is 17.2 Å². The van der Waals surface area contributed by atoms with Crippen LogP contribution in [-0.2, 0) is 22.5 Å². The van der Waals surface area contributed by atoms with Gasteiger partial charge >= 0.3 is 5.97 Å². The van der Waals surface area contributed by atoms with E-state index in [1.165, 1.54) is 11.4 Å². The summed E-state index contributed by atoms with van der Waals surface area (Å²) in [6, 6.07) is 0. The van der Waals surface area contributed by atoms with Crippen LogP contribution in [0.4, 0.5) is 0 Å². The molecule has 0 aliphatic carbocycles. The van der Waals surface area contributed by atoms with Gasteiger partial charge in [0.2, 0.25) is 0 Å². The molecule has 5 nitrogen and oxygen atoms in total. The largest absolute Gasteiger partial charge is 0.481 e. The zero-order valence-electron chi connectivity index (χ0n) is 11.3. The van der Waals surface area contributed by atoms with E-state index in [1.54, 1.807) is 0 Å². The van der Waals surface area contributed by atoms with Crippen LogP contribution in [0.1, 0.15) is 42.4 Å². The summed E-state index contributed by atoms with van der Waals surface area (Å²) in [4.78, 5) is 15.9. The molecule has 19 heavy (non-hydrogen) atoms. The number of nitrogens with zero attached hydrogens (tertiary/aromatic N) is 2. The lowest BCUT2D eigenvalue weighted by Gasteiger charge is -2.25. The van der Waals surface area contributed by atoms with Gasteiger partial charge in [0.1, 0.15) is 5.82 Å². The van der Waals surface area contributed by atoms with Crippen molar-refractivity contribution in [3.63, 3.8) is 0 Å². The number of hydrogen-bond donors (Lipinski definition) is 1. The van der Waals surface area contributed by atoms with Crippen LogP contribution >= 0.6 is 0 Å². The molecule has 1 saturated heterocycles. The second-order valence-electron chi connectivity index (χ2n) is 5.56.